The highest BCUT2D eigenvalue weighted by molar-refractivity contribution is 6.08. The number of guanidine groups is 1. The smallest absolute Gasteiger partial charge is 0.340 e. The Morgan fingerprint density at radius 3 is 2.48 bits per heavy atom. The van der Waals surface area contributed by atoms with E-state index in [1.807, 2.05) is 23.7 Å². The minimum absolute atomic E-state index is 0.0214. The second kappa shape index (κ2) is 8.14. The molecule has 0 amide bonds. The summed E-state index contributed by atoms with van der Waals surface area (Å²) >= 11 is 0. The average Bonchev–Trinajstić information content (AvgIpc) is 3.04. The molecule has 1 heterocycles. The first-order valence-corrected chi connectivity index (χ1v) is 10.2. The largest absolute Gasteiger partial charge is 0.462 e. The molecule has 0 radical (unpaired) electrons. The number of carbonyl (C=O) groups excluding carboxylic acids is 1. The highest BCUT2D eigenvalue weighted by Gasteiger charge is 2.22. The molecule has 0 aliphatic heterocycles. The van der Waals surface area contributed by atoms with Crippen LogP contribution in [0, 0.1) is 6.92 Å². The van der Waals surface area contributed by atoms with Crippen LogP contribution >= 0.6 is 0 Å². The summed E-state index contributed by atoms with van der Waals surface area (Å²) in [5.41, 5.74) is 16.7. The third kappa shape index (κ3) is 3.61. The Hall–Kier alpha value is -3.80. The number of carbonyl (C=O) groups is 1. The number of ether oxygens (including phenoxy) is 1. The zero-order valence-electron chi connectivity index (χ0n) is 18.0. The highest BCUT2D eigenvalue weighted by atomic mass is 16.5. The Balaban J connectivity index is 1.95. The van der Waals surface area contributed by atoms with Gasteiger partial charge in [0, 0.05) is 18.0 Å². The summed E-state index contributed by atoms with van der Waals surface area (Å²) in [7, 11) is 1.92. The minimum Gasteiger partial charge on any atom is -0.462 e. The Labute approximate surface area is 181 Å². The van der Waals surface area contributed by atoms with Crippen molar-refractivity contribution in [3.8, 4) is 11.1 Å². The highest BCUT2D eigenvalue weighted by Crippen LogP contribution is 2.35. The lowest BCUT2D eigenvalue weighted by Crippen LogP contribution is -2.23. The fourth-order valence-electron chi connectivity index (χ4n) is 4.14. The molecule has 0 aliphatic carbocycles. The molecule has 6 heteroatoms. The second-order valence-electron chi connectivity index (χ2n) is 7.55. The van der Waals surface area contributed by atoms with Gasteiger partial charge in [0.25, 0.3) is 0 Å². The third-order valence-electron chi connectivity index (χ3n) is 5.67. The summed E-state index contributed by atoms with van der Waals surface area (Å²) in [6.07, 6.45) is 0. The van der Waals surface area contributed by atoms with E-state index in [1.165, 1.54) is 16.3 Å². The quantitative estimate of drug-likeness (QED) is 0.290. The van der Waals surface area contributed by atoms with Crippen molar-refractivity contribution in [2.24, 2.45) is 23.5 Å². The van der Waals surface area contributed by atoms with Crippen LogP contribution < -0.4 is 11.5 Å². The molecular weight excluding hydrogens is 388 g/mol. The molecule has 0 bridgehead atoms. The second-order valence-corrected chi connectivity index (χ2v) is 7.55. The molecule has 1 aromatic heterocycles. The van der Waals surface area contributed by atoms with Gasteiger partial charge in [-0.25, -0.2) is 9.79 Å². The number of hydrogen-bond acceptors (Lipinski definition) is 3. The van der Waals surface area contributed by atoms with Crippen LogP contribution in [0.3, 0.4) is 0 Å². The number of hydrogen-bond donors (Lipinski definition) is 2. The summed E-state index contributed by atoms with van der Waals surface area (Å²) in [5, 5.41) is 3.25. The summed E-state index contributed by atoms with van der Waals surface area (Å²) in [6.45, 7) is 4.41. The Morgan fingerprint density at radius 1 is 1.03 bits per heavy atom. The topological polar surface area (TPSA) is 95.6 Å². The van der Waals surface area contributed by atoms with Gasteiger partial charge >= 0.3 is 5.97 Å². The third-order valence-corrected chi connectivity index (χ3v) is 5.67. The van der Waals surface area contributed by atoms with Crippen LogP contribution in [-0.2, 0) is 18.3 Å². The first kappa shape index (κ1) is 20.5. The van der Waals surface area contributed by atoms with Gasteiger partial charge in [0.05, 0.1) is 24.4 Å². The SMILES string of the molecule is CCOC(=O)c1c(CN=C(N)N)n(C)c2cc(-c3ccc(C)c4ccccc34)ccc12. The van der Waals surface area contributed by atoms with Crippen molar-refractivity contribution in [1.82, 2.24) is 4.57 Å². The Kier molecular flexibility index (Phi) is 5.38. The van der Waals surface area contributed by atoms with Crippen molar-refractivity contribution in [1.29, 1.82) is 0 Å². The molecular formula is C25H26N4O2. The van der Waals surface area contributed by atoms with E-state index < -0.39 is 0 Å². The molecule has 6 nitrogen and oxygen atoms in total. The van der Waals surface area contributed by atoms with E-state index in [4.69, 9.17) is 16.2 Å². The van der Waals surface area contributed by atoms with Gasteiger partial charge in [-0.1, -0.05) is 48.5 Å². The van der Waals surface area contributed by atoms with E-state index in [1.54, 1.807) is 6.92 Å². The monoisotopic (exact) mass is 414 g/mol. The predicted molar refractivity (Wildman–Crippen MR) is 126 cm³/mol. The van der Waals surface area contributed by atoms with Crippen molar-refractivity contribution in [2.75, 3.05) is 6.61 Å². The van der Waals surface area contributed by atoms with Gasteiger partial charge in [-0.05, 0) is 47.4 Å². The standard InChI is InChI=1S/C25H26N4O2/c1-4-31-24(30)23-20-12-10-16(13-21(20)29(3)22(23)14-28-25(26)27)18-11-9-15(2)17-7-5-6-8-19(17)18/h5-13H,4,14H2,1-3H3,(H4,26,27,28). The van der Waals surface area contributed by atoms with Gasteiger partial charge < -0.3 is 20.8 Å². The normalized spacial score (nSPS) is 11.1. The van der Waals surface area contributed by atoms with Crippen molar-refractivity contribution in [3.63, 3.8) is 0 Å². The van der Waals surface area contributed by atoms with Crippen LogP contribution in [-0.4, -0.2) is 23.1 Å². The van der Waals surface area contributed by atoms with Gasteiger partial charge in [-0.2, -0.15) is 0 Å². The number of aliphatic imine (C=N–C) groups is 1. The van der Waals surface area contributed by atoms with E-state index in [0.717, 1.165) is 22.0 Å². The molecule has 0 spiro atoms. The predicted octanol–water partition coefficient (Wildman–Crippen LogP) is 4.26. The zero-order valence-corrected chi connectivity index (χ0v) is 18.0. The number of aromatic nitrogens is 1. The minimum atomic E-state index is -0.373. The number of esters is 1. The van der Waals surface area contributed by atoms with Gasteiger partial charge in [0.1, 0.15) is 0 Å². The molecule has 4 rings (SSSR count). The number of nitrogens with zero attached hydrogens (tertiary/aromatic N) is 2. The van der Waals surface area contributed by atoms with E-state index >= 15 is 0 Å². The van der Waals surface area contributed by atoms with Gasteiger partial charge in [0.2, 0.25) is 0 Å². The average molecular weight is 415 g/mol. The van der Waals surface area contributed by atoms with Crippen LogP contribution in [0.4, 0.5) is 0 Å². The van der Waals surface area contributed by atoms with Crippen LogP contribution in [0.2, 0.25) is 0 Å². The molecule has 31 heavy (non-hydrogen) atoms. The fourth-order valence-corrected chi connectivity index (χ4v) is 4.14. The fraction of sp³-hybridized carbons (Fsp3) is 0.200. The van der Waals surface area contributed by atoms with Crippen molar-refractivity contribution < 1.29 is 9.53 Å². The number of nitrogens with two attached hydrogens (primary N) is 2. The molecule has 0 aliphatic rings. The molecule has 3 aromatic carbocycles. The number of benzene rings is 3. The van der Waals surface area contributed by atoms with Crippen LogP contribution in [0.5, 0.6) is 0 Å². The van der Waals surface area contributed by atoms with E-state index in [-0.39, 0.29) is 18.5 Å². The summed E-state index contributed by atoms with van der Waals surface area (Å²) in [6, 6.07) is 18.8. The molecule has 0 atom stereocenters. The first-order valence-electron chi connectivity index (χ1n) is 10.2. The van der Waals surface area contributed by atoms with Gasteiger partial charge in [-0.3, -0.25) is 0 Å². The van der Waals surface area contributed by atoms with E-state index in [9.17, 15) is 4.79 Å². The number of fused-ring (bicyclic) bond motifs is 2. The van der Waals surface area contributed by atoms with Crippen molar-refractivity contribution in [3.05, 3.63) is 71.4 Å². The lowest BCUT2D eigenvalue weighted by atomic mass is 9.95. The maximum absolute atomic E-state index is 12.8. The maximum atomic E-state index is 12.8. The van der Waals surface area contributed by atoms with E-state index in [0.29, 0.717) is 17.9 Å². The first-order chi connectivity index (χ1) is 14.9. The molecule has 0 unspecified atom stereocenters. The molecule has 0 saturated heterocycles. The van der Waals surface area contributed by atoms with Crippen LogP contribution in [0.1, 0.15) is 28.5 Å². The maximum Gasteiger partial charge on any atom is 0.340 e. The molecule has 0 saturated carbocycles. The van der Waals surface area contributed by atoms with Crippen LogP contribution in [0.25, 0.3) is 32.8 Å². The summed E-state index contributed by atoms with van der Waals surface area (Å²) < 4.78 is 7.29. The molecule has 4 aromatic rings. The molecule has 158 valence electrons. The molecule has 4 N–H and O–H groups in total. The number of rotatable bonds is 5. The van der Waals surface area contributed by atoms with Gasteiger partial charge in [-0.15, -0.1) is 0 Å². The number of aryl methyl sites for hydroxylation is 2. The Morgan fingerprint density at radius 2 is 1.77 bits per heavy atom. The van der Waals surface area contributed by atoms with Crippen molar-refractivity contribution >= 4 is 33.6 Å². The molecule has 0 fully saturated rings. The van der Waals surface area contributed by atoms with Crippen LogP contribution in [0.15, 0.2) is 59.6 Å². The zero-order chi connectivity index (χ0) is 22.1. The van der Waals surface area contributed by atoms with Crippen molar-refractivity contribution in [2.45, 2.75) is 20.4 Å². The lowest BCUT2D eigenvalue weighted by molar-refractivity contribution is 0.0527. The lowest BCUT2D eigenvalue weighted by Gasteiger charge is -2.10. The Bertz CT molecular complexity index is 1330. The van der Waals surface area contributed by atoms with Gasteiger partial charge in [0.15, 0.2) is 5.96 Å². The van der Waals surface area contributed by atoms with E-state index in [2.05, 4.69) is 54.4 Å². The summed E-state index contributed by atoms with van der Waals surface area (Å²) in [4.78, 5) is 16.9. The summed E-state index contributed by atoms with van der Waals surface area (Å²) in [5.74, 6) is -0.394.